The summed E-state index contributed by atoms with van der Waals surface area (Å²) in [5.74, 6) is 0.0897. The number of rotatable bonds is 4. The highest BCUT2D eigenvalue weighted by atomic mass is 16.5. The number of carbonyl (C=O) groups is 1. The number of benzene rings is 1. The second kappa shape index (κ2) is 7.35. The molecule has 4 aromatic rings. The van der Waals surface area contributed by atoms with Gasteiger partial charge in [0.2, 0.25) is 0 Å². The van der Waals surface area contributed by atoms with Crippen LogP contribution in [0.4, 0.5) is 0 Å². The lowest BCUT2D eigenvalue weighted by Crippen LogP contribution is -2.41. The predicted octanol–water partition coefficient (Wildman–Crippen LogP) is 3.64. The Balaban J connectivity index is 1.47. The molecule has 3 aromatic heterocycles. The summed E-state index contributed by atoms with van der Waals surface area (Å²) in [6.07, 6.45) is 4.73. The van der Waals surface area contributed by atoms with Crippen molar-refractivity contribution in [2.24, 2.45) is 11.7 Å². The number of aromatic amines is 1. The number of fused-ring (bicyclic) bond motifs is 1. The first kappa shape index (κ1) is 18.4. The van der Waals surface area contributed by atoms with Crippen LogP contribution in [0.3, 0.4) is 0 Å². The number of nitrogens with two attached hydrogens (primary N) is 1. The maximum atomic E-state index is 12.2. The van der Waals surface area contributed by atoms with E-state index >= 15 is 0 Å². The highest BCUT2D eigenvalue weighted by Crippen LogP contribution is 2.32. The molecule has 3 heterocycles. The van der Waals surface area contributed by atoms with Crippen LogP contribution in [0.15, 0.2) is 54.9 Å². The minimum Gasteiger partial charge on any atom is -0.425 e. The average molecular weight is 399 g/mol. The number of carbonyl (C=O) groups excluding carboxylic acids is 1. The summed E-state index contributed by atoms with van der Waals surface area (Å²) in [5.41, 5.74) is 11.1. The van der Waals surface area contributed by atoms with Crippen LogP contribution in [0.2, 0.25) is 0 Å². The van der Waals surface area contributed by atoms with E-state index in [0.29, 0.717) is 18.6 Å². The summed E-state index contributed by atoms with van der Waals surface area (Å²) < 4.78 is 5.53. The number of nitrogens with one attached hydrogen (secondary N) is 1. The van der Waals surface area contributed by atoms with E-state index in [0.717, 1.165) is 39.1 Å². The predicted molar refractivity (Wildman–Crippen MR) is 114 cm³/mol. The number of hydrogen-bond acceptors (Lipinski definition) is 6. The summed E-state index contributed by atoms with van der Waals surface area (Å²) in [5, 5.41) is 8.16. The molecule has 0 radical (unpaired) electrons. The smallest absolute Gasteiger partial charge is 0.314 e. The lowest BCUT2D eigenvalue weighted by Gasteiger charge is -2.30. The molecule has 30 heavy (non-hydrogen) atoms. The van der Waals surface area contributed by atoms with Crippen LogP contribution in [0, 0.1) is 12.8 Å². The third kappa shape index (κ3) is 3.44. The number of aryl methyl sites for hydroxylation is 1. The molecule has 0 saturated heterocycles. The molecular formula is C23H21N5O2. The van der Waals surface area contributed by atoms with Gasteiger partial charge in [-0.3, -0.25) is 19.9 Å². The molecule has 7 heteroatoms. The molecule has 1 aliphatic rings. The number of esters is 1. The van der Waals surface area contributed by atoms with E-state index in [1.165, 1.54) is 0 Å². The molecular weight excluding hydrogens is 378 g/mol. The Kier molecular flexibility index (Phi) is 4.52. The largest absolute Gasteiger partial charge is 0.425 e. The molecule has 1 fully saturated rings. The normalized spacial score (nSPS) is 18.2. The second-order valence-corrected chi connectivity index (χ2v) is 7.75. The van der Waals surface area contributed by atoms with Gasteiger partial charge in [0.1, 0.15) is 5.75 Å². The summed E-state index contributed by atoms with van der Waals surface area (Å²) in [6.45, 7) is 1.96. The molecule has 1 aliphatic carbocycles. The third-order valence-electron chi connectivity index (χ3n) is 5.48. The van der Waals surface area contributed by atoms with Crippen LogP contribution in [0.25, 0.3) is 33.4 Å². The second-order valence-electron chi connectivity index (χ2n) is 7.75. The summed E-state index contributed by atoms with van der Waals surface area (Å²) in [4.78, 5) is 21.3. The zero-order valence-corrected chi connectivity index (χ0v) is 16.5. The molecule has 3 N–H and O–H groups in total. The van der Waals surface area contributed by atoms with E-state index in [9.17, 15) is 4.79 Å². The van der Waals surface area contributed by atoms with E-state index in [4.69, 9.17) is 10.5 Å². The fourth-order valence-electron chi connectivity index (χ4n) is 3.77. The molecule has 150 valence electrons. The van der Waals surface area contributed by atoms with Gasteiger partial charge in [0.05, 0.1) is 35.2 Å². The van der Waals surface area contributed by atoms with Crippen molar-refractivity contribution in [1.82, 2.24) is 20.2 Å². The maximum Gasteiger partial charge on any atom is 0.314 e. The quantitative estimate of drug-likeness (QED) is 0.508. The lowest BCUT2D eigenvalue weighted by atomic mass is 9.81. The van der Waals surface area contributed by atoms with Crippen molar-refractivity contribution in [3.05, 3.63) is 60.6 Å². The Morgan fingerprint density at radius 1 is 1.17 bits per heavy atom. The van der Waals surface area contributed by atoms with Gasteiger partial charge in [-0.1, -0.05) is 12.1 Å². The first-order valence-electron chi connectivity index (χ1n) is 9.91. The first-order valence-corrected chi connectivity index (χ1v) is 9.91. The van der Waals surface area contributed by atoms with Gasteiger partial charge in [0.25, 0.3) is 0 Å². The van der Waals surface area contributed by atoms with Gasteiger partial charge in [-0.15, -0.1) is 0 Å². The Morgan fingerprint density at radius 3 is 2.83 bits per heavy atom. The molecule has 5 rings (SSSR count). The van der Waals surface area contributed by atoms with E-state index in [1.54, 1.807) is 12.4 Å². The molecule has 7 nitrogen and oxygen atoms in total. The van der Waals surface area contributed by atoms with Crippen molar-refractivity contribution in [1.29, 1.82) is 0 Å². The number of nitrogens with zero attached hydrogens (tertiary/aromatic N) is 3. The standard InChI is InChI=1S/C23H21N5O2/c1-13-3-2-4-21(27-13)22-19(12-26-28-22)14-5-6-20-15(7-14)10-18(11-25-20)30-23(29)16-8-17(24)9-16/h2-7,10-12,16-17H,8-9,24H2,1H3,(H,26,28)/t16-,17+. The Hall–Kier alpha value is -3.58. The number of hydrogen-bond donors (Lipinski definition) is 2. The van der Waals surface area contributed by atoms with Crippen molar-refractivity contribution < 1.29 is 9.53 Å². The number of aromatic nitrogens is 4. The van der Waals surface area contributed by atoms with Crippen molar-refractivity contribution >= 4 is 16.9 Å². The fourth-order valence-corrected chi connectivity index (χ4v) is 3.77. The molecule has 0 spiro atoms. The van der Waals surface area contributed by atoms with Crippen LogP contribution in [-0.2, 0) is 4.79 Å². The molecule has 0 unspecified atom stereocenters. The third-order valence-corrected chi connectivity index (χ3v) is 5.48. The first-order chi connectivity index (χ1) is 14.6. The van der Waals surface area contributed by atoms with Crippen LogP contribution in [0.1, 0.15) is 18.5 Å². The molecule has 1 saturated carbocycles. The van der Waals surface area contributed by atoms with Crippen LogP contribution in [-0.4, -0.2) is 32.2 Å². The van der Waals surface area contributed by atoms with Gasteiger partial charge in [-0.25, -0.2) is 0 Å². The van der Waals surface area contributed by atoms with Gasteiger partial charge >= 0.3 is 5.97 Å². The van der Waals surface area contributed by atoms with Gasteiger partial charge < -0.3 is 10.5 Å². The zero-order chi connectivity index (χ0) is 20.7. The number of H-pyrrole nitrogens is 1. The lowest BCUT2D eigenvalue weighted by molar-refractivity contribution is -0.142. The molecule has 0 aliphatic heterocycles. The number of ether oxygens (including phenoxy) is 1. The molecule has 0 bridgehead atoms. The van der Waals surface area contributed by atoms with Gasteiger partial charge in [-0.05, 0) is 55.7 Å². The van der Waals surface area contributed by atoms with Crippen LogP contribution < -0.4 is 10.5 Å². The maximum absolute atomic E-state index is 12.2. The van der Waals surface area contributed by atoms with Crippen molar-refractivity contribution in [2.45, 2.75) is 25.8 Å². The minimum atomic E-state index is -0.239. The number of pyridine rings is 2. The average Bonchev–Trinajstić information content (AvgIpc) is 3.21. The van der Waals surface area contributed by atoms with E-state index < -0.39 is 0 Å². The Labute approximate surface area is 173 Å². The van der Waals surface area contributed by atoms with Crippen molar-refractivity contribution in [3.8, 4) is 28.3 Å². The fraction of sp³-hybridized carbons (Fsp3) is 0.217. The van der Waals surface area contributed by atoms with Crippen molar-refractivity contribution in [2.75, 3.05) is 0 Å². The monoisotopic (exact) mass is 399 g/mol. The minimum absolute atomic E-state index is 0.104. The Morgan fingerprint density at radius 2 is 2.03 bits per heavy atom. The van der Waals surface area contributed by atoms with E-state index in [-0.39, 0.29) is 17.9 Å². The summed E-state index contributed by atoms with van der Waals surface area (Å²) in [7, 11) is 0. The van der Waals surface area contributed by atoms with E-state index in [2.05, 4.69) is 20.2 Å². The molecule has 0 atom stereocenters. The summed E-state index contributed by atoms with van der Waals surface area (Å²) >= 11 is 0. The van der Waals surface area contributed by atoms with Crippen LogP contribution >= 0.6 is 0 Å². The van der Waals surface area contributed by atoms with Gasteiger partial charge in [-0.2, -0.15) is 5.10 Å². The van der Waals surface area contributed by atoms with Gasteiger partial charge in [0, 0.05) is 22.7 Å². The highest BCUT2D eigenvalue weighted by Gasteiger charge is 2.33. The van der Waals surface area contributed by atoms with Gasteiger partial charge in [0.15, 0.2) is 0 Å². The SMILES string of the molecule is Cc1cccc(-c2[nH]ncc2-c2ccc3ncc(OC(=O)[C@H]4C[C@@H](N)C4)cc3c2)n1. The molecule has 0 amide bonds. The van der Waals surface area contributed by atoms with Crippen molar-refractivity contribution in [3.63, 3.8) is 0 Å². The topological polar surface area (TPSA) is 107 Å². The molecule has 1 aromatic carbocycles. The zero-order valence-electron chi connectivity index (χ0n) is 16.5. The summed E-state index contributed by atoms with van der Waals surface area (Å²) in [6, 6.07) is 13.8. The van der Waals surface area contributed by atoms with E-state index in [1.807, 2.05) is 49.4 Å². The Bertz CT molecular complexity index is 1240. The van der Waals surface area contributed by atoms with Crippen LogP contribution in [0.5, 0.6) is 5.75 Å². The highest BCUT2D eigenvalue weighted by molar-refractivity contribution is 5.89.